The molecule has 3 saturated heterocycles. The third-order valence-electron chi connectivity index (χ3n) is 6.10. The molecule has 3 rings (SSSR count). The fraction of sp³-hybridized carbons (Fsp3) is 1.00. The number of likely N-dealkylation sites (N-methyl/N-ethyl adjacent to an activating group) is 1. The van der Waals surface area contributed by atoms with Gasteiger partial charge in [0.1, 0.15) is 0 Å². The number of likely N-dealkylation sites (tertiary alicyclic amines) is 3. The van der Waals surface area contributed by atoms with Gasteiger partial charge in [-0.3, -0.25) is 0 Å². The molecule has 3 heteroatoms. The lowest BCUT2D eigenvalue weighted by Gasteiger charge is -2.47. The predicted molar refractivity (Wildman–Crippen MR) is 80.5 cm³/mol. The van der Waals surface area contributed by atoms with Crippen LogP contribution in [0.5, 0.6) is 0 Å². The summed E-state index contributed by atoms with van der Waals surface area (Å²) in [7, 11) is 4.58. The van der Waals surface area contributed by atoms with Gasteiger partial charge < -0.3 is 14.7 Å². The van der Waals surface area contributed by atoms with E-state index in [4.69, 9.17) is 0 Å². The van der Waals surface area contributed by atoms with E-state index in [9.17, 15) is 0 Å². The summed E-state index contributed by atoms with van der Waals surface area (Å²) in [5.74, 6) is 0. The quantitative estimate of drug-likeness (QED) is 0.755. The summed E-state index contributed by atoms with van der Waals surface area (Å²) in [6.45, 7) is 8.00. The van der Waals surface area contributed by atoms with Crippen molar-refractivity contribution in [3.05, 3.63) is 0 Å². The summed E-state index contributed by atoms with van der Waals surface area (Å²) in [4.78, 5) is 7.82. The lowest BCUT2D eigenvalue weighted by Crippen LogP contribution is -2.48. The molecule has 3 aliphatic rings. The summed E-state index contributed by atoms with van der Waals surface area (Å²) >= 11 is 0. The van der Waals surface area contributed by atoms with Crippen LogP contribution in [0, 0.1) is 5.41 Å². The first-order valence-corrected chi connectivity index (χ1v) is 8.28. The molecule has 3 aliphatic heterocycles. The Morgan fingerprint density at radius 3 is 2.11 bits per heavy atom. The maximum Gasteiger partial charge on any atom is 0.0220 e. The van der Waals surface area contributed by atoms with Crippen LogP contribution in [0.2, 0.25) is 0 Å². The van der Waals surface area contributed by atoms with Gasteiger partial charge in [0.05, 0.1) is 0 Å². The van der Waals surface area contributed by atoms with E-state index in [1.165, 1.54) is 77.8 Å². The van der Waals surface area contributed by atoms with E-state index in [0.29, 0.717) is 5.41 Å². The first-order valence-electron chi connectivity index (χ1n) is 8.28. The largest absolute Gasteiger partial charge is 0.306 e. The van der Waals surface area contributed by atoms with Gasteiger partial charge in [0, 0.05) is 12.6 Å². The van der Waals surface area contributed by atoms with Crippen molar-refractivity contribution in [2.24, 2.45) is 5.41 Å². The van der Waals surface area contributed by atoms with E-state index in [2.05, 4.69) is 28.8 Å². The van der Waals surface area contributed by atoms with Crippen molar-refractivity contribution in [1.82, 2.24) is 14.7 Å². The molecule has 110 valence electrons. The number of piperidine rings is 2. The highest BCUT2D eigenvalue weighted by atomic mass is 15.2. The zero-order valence-electron chi connectivity index (χ0n) is 12.9. The fourth-order valence-corrected chi connectivity index (χ4v) is 4.31. The van der Waals surface area contributed by atoms with Gasteiger partial charge in [0.25, 0.3) is 0 Å². The zero-order chi connectivity index (χ0) is 13.3. The van der Waals surface area contributed by atoms with E-state index >= 15 is 0 Å². The molecule has 3 fully saturated rings. The highest BCUT2D eigenvalue weighted by Gasteiger charge is 2.37. The number of nitrogens with zero attached hydrogens (tertiary/aromatic N) is 3. The maximum atomic E-state index is 2.75. The monoisotopic (exact) mass is 265 g/mol. The topological polar surface area (TPSA) is 9.72 Å². The molecule has 19 heavy (non-hydrogen) atoms. The van der Waals surface area contributed by atoms with Crippen LogP contribution in [0.3, 0.4) is 0 Å². The Balaban J connectivity index is 1.46. The van der Waals surface area contributed by atoms with Gasteiger partial charge in [0.2, 0.25) is 0 Å². The van der Waals surface area contributed by atoms with Gasteiger partial charge in [-0.05, 0) is 90.8 Å². The molecule has 0 N–H and O–H groups in total. The van der Waals surface area contributed by atoms with Crippen molar-refractivity contribution in [3.63, 3.8) is 0 Å². The van der Waals surface area contributed by atoms with Gasteiger partial charge in [-0.15, -0.1) is 0 Å². The van der Waals surface area contributed by atoms with Crippen LogP contribution >= 0.6 is 0 Å². The molecule has 1 atom stereocenters. The smallest absolute Gasteiger partial charge is 0.0220 e. The molecule has 0 aromatic heterocycles. The van der Waals surface area contributed by atoms with E-state index in [0.717, 1.165) is 6.04 Å². The standard InChI is InChI=1S/C16H31N3/c1-17-10-5-16(6-11-17)7-12-19(13-8-16)14-15-4-3-9-18(15)2/h15H,3-14H2,1-2H3. The minimum Gasteiger partial charge on any atom is -0.306 e. The molecule has 3 heterocycles. The van der Waals surface area contributed by atoms with Crippen LogP contribution in [0.15, 0.2) is 0 Å². The Hall–Kier alpha value is -0.120. The second-order valence-electron chi connectivity index (χ2n) is 7.38. The van der Waals surface area contributed by atoms with Crippen molar-refractivity contribution in [1.29, 1.82) is 0 Å². The zero-order valence-corrected chi connectivity index (χ0v) is 12.9. The molecule has 0 amide bonds. The van der Waals surface area contributed by atoms with E-state index in [-0.39, 0.29) is 0 Å². The predicted octanol–water partition coefficient (Wildman–Crippen LogP) is 1.89. The van der Waals surface area contributed by atoms with Gasteiger partial charge in [-0.1, -0.05) is 0 Å². The minimum absolute atomic E-state index is 0.713. The Morgan fingerprint density at radius 2 is 1.53 bits per heavy atom. The van der Waals surface area contributed by atoms with Gasteiger partial charge in [0.15, 0.2) is 0 Å². The SMILES string of the molecule is CN1CCC2(CC1)CCN(CC1CCCN1C)CC2. The van der Waals surface area contributed by atoms with Crippen LogP contribution in [0.4, 0.5) is 0 Å². The average molecular weight is 265 g/mol. The number of hydrogen-bond donors (Lipinski definition) is 0. The van der Waals surface area contributed by atoms with Crippen molar-refractivity contribution < 1.29 is 0 Å². The van der Waals surface area contributed by atoms with Crippen LogP contribution in [0.1, 0.15) is 38.5 Å². The van der Waals surface area contributed by atoms with Gasteiger partial charge in [-0.2, -0.15) is 0 Å². The highest BCUT2D eigenvalue weighted by Crippen LogP contribution is 2.41. The van der Waals surface area contributed by atoms with Gasteiger partial charge in [-0.25, -0.2) is 0 Å². The molecule has 0 aromatic carbocycles. The second kappa shape index (κ2) is 5.71. The molecule has 3 nitrogen and oxygen atoms in total. The summed E-state index contributed by atoms with van der Waals surface area (Å²) < 4.78 is 0. The normalized spacial score (nSPS) is 34.1. The Bertz CT molecular complexity index is 286. The van der Waals surface area contributed by atoms with E-state index in [1.54, 1.807) is 0 Å². The Morgan fingerprint density at radius 1 is 0.895 bits per heavy atom. The van der Waals surface area contributed by atoms with Crippen LogP contribution in [-0.2, 0) is 0 Å². The minimum atomic E-state index is 0.713. The van der Waals surface area contributed by atoms with Crippen molar-refractivity contribution in [3.8, 4) is 0 Å². The van der Waals surface area contributed by atoms with E-state index in [1.807, 2.05) is 0 Å². The highest BCUT2D eigenvalue weighted by molar-refractivity contribution is 4.91. The molecule has 0 aromatic rings. The molecular formula is C16H31N3. The molecular weight excluding hydrogens is 234 g/mol. The van der Waals surface area contributed by atoms with Crippen LogP contribution in [0.25, 0.3) is 0 Å². The molecule has 0 bridgehead atoms. The van der Waals surface area contributed by atoms with Crippen molar-refractivity contribution >= 4 is 0 Å². The van der Waals surface area contributed by atoms with Gasteiger partial charge >= 0.3 is 0 Å². The van der Waals surface area contributed by atoms with E-state index < -0.39 is 0 Å². The van der Waals surface area contributed by atoms with Crippen LogP contribution < -0.4 is 0 Å². The van der Waals surface area contributed by atoms with Crippen molar-refractivity contribution in [2.75, 3.05) is 53.4 Å². The Kier molecular flexibility index (Phi) is 4.16. The summed E-state index contributed by atoms with van der Waals surface area (Å²) in [5, 5.41) is 0. The van der Waals surface area contributed by atoms with Crippen molar-refractivity contribution in [2.45, 2.75) is 44.6 Å². The molecule has 0 radical (unpaired) electrons. The average Bonchev–Trinajstić information content (AvgIpc) is 2.82. The Labute approximate surface area is 118 Å². The molecule has 0 aliphatic carbocycles. The number of rotatable bonds is 2. The first kappa shape index (κ1) is 13.8. The second-order valence-corrected chi connectivity index (χ2v) is 7.38. The molecule has 0 saturated carbocycles. The lowest BCUT2D eigenvalue weighted by molar-refractivity contribution is 0.0354. The fourth-order valence-electron chi connectivity index (χ4n) is 4.31. The lowest BCUT2D eigenvalue weighted by atomic mass is 9.71. The third-order valence-corrected chi connectivity index (χ3v) is 6.10. The molecule has 1 spiro atoms. The van der Waals surface area contributed by atoms with Crippen LogP contribution in [-0.4, -0.2) is 74.1 Å². The third kappa shape index (κ3) is 3.14. The number of hydrogen-bond acceptors (Lipinski definition) is 3. The maximum absolute atomic E-state index is 2.75. The summed E-state index contributed by atoms with van der Waals surface area (Å²) in [6, 6.07) is 0.839. The first-order chi connectivity index (χ1) is 9.17. The molecule has 1 unspecified atom stereocenters. The summed E-state index contributed by atoms with van der Waals surface area (Å²) in [6.07, 6.45) is 8.63. The summed E-state index contributed by atoms with van der Waals surface area (Å²) in [5.41, 5.74) is 0.713.